The molecule has 4 N–H and O–H groups in total. The van der Waals surface area contributed by atoms with Crippen molar-refractivity contribution in [3.63, 3.8) is 0 Å². The standard InChI is InChI=1S/C45H52F3N5O8S/c46-45(47,48)36-10-5-7-32(26-36)29-50-43(58)35-14-15-49-40(27-35)38-28-37(52-16-2-1-3-17-52)12-13-39(38)51-44(59)34-9-4-8-33(25-34)31-62-24-23-60-20-6-11-41(55)53(30-42(56)57)18-21-61-22-19-54/h4-5,7-10,12-15,25-28,54H,1-3,6,11,16-24,29-31H2,(H,50,58)(H,51,59)(H,56,57). The Morgan fingerprint density at radius 1 is 0.839 bits per heavy atom. The number of aromatic nitrogens is 1. The minimum absolute atomic E-state index is 0.107. The van der Waals surface area contributed by atoms with E-state index in [1.165, 1.54) is 29.3 Å². The average Bonchev–Trinajstić information content (AvgIpc) is 3.27. The zero-order chi connectivity index (χ0) is 44.3. The van der Waals surface area contributed by atoms with Crippen molar-refractivity contribution >= 4 is 46.8 Å². The van der Waals surface area contributed by atoms with E-state index in [9.17, 15) is 32.3 Å². The number of alkyl halides is 3. The molecule has 13 nitrogen and oxygen atoms in total. The van der Waals surface area contributed by atoms with Gasteiger partial charge in [0, 0.05) is 79.3 Å². The molecule has 4 aromatic rings. The van der Waals surface area contributed by atoms with Crippen LogP contribution < -0.4 is 15.5 Å². The number of carboxylic acid groups (broad SMARTS) is 1. The summed E-state index contributed by atoms with van der Waals surface area (Å²) in [6.07, 6.45) is 0.806. The van der Waals surface area contributed by atoms with Crippen molar-refractivity contribution in [2.24, 2.45) is 0 Å². The number of benzene rings is 3. The molecular weight excluding hydrogens is 828 g/mol. The summed E-state index contributed by atoms with van der Waals surface area (Å²) < 4.78 is 50.6. The summed E-state index contributed by atoms with van der Waals surface area (Å²) in [4.78, 5) is 58.7. The number of thioether (sulfide) groups is 1. The summed E-state index contributed by atoms with van der Waals surface area (Å²) >= 11 is 1.62. The van der Waals surface area contributed by atoms with E-state index in [2.05, 4.69) is 20.5 Å². The fraction of sp³-hybridized carbons (Fsp3) is 0.400. The van der Waals surface area contributed by atoms with Crippen LogP contribution in [0.4, 0.5) is 24.5 Å². The fourth-order valence-corrected chi connectivity index (χ4v) is 7.55. The first-order chi connectivity index (χ1) is 29.9. The van der Waals surface area contributed by atoms with Crippen LogP contribution in [-0.2, 0) is 37.5 Å². The third-order valence-corrected chi connectivity index (χ3v) is 10.9. The molecule has 1 aliphatic rings. The summed E-state index contributed by atoms with van der Waals surface area (Å²) in [5, 5.41) is 23.7. The molecule has 1 saturated heterocycles. The molecule has 0 spiro atoms. The van der Waals surface area contributed by atoms with Crippen molar-refractivity contribution in [1.29, 1.82) is 0 Å². The van der Waals surface area contributed by atoms with Crippen molar-refractivity contribution in [2.45, 2.75) is 50.6 Å². The quantitative estimate of drug-likeness (QED) is 0.0573. The second kappa shape index (κ2) is 24.2. The first kappa shape index (κ1) is 47.6. The van der Waals surface area contributed by atoms with Gasteiger partial charge >= 0.3 is 12.1 Å². The zero-order valence-corrected chi connectivity index (χ0v) is 35.1. The van der Waals surface area contributed by atoms with Crippen molar-refractivity contribution in [1.82, 2.24) is 15.2 Å². The van der Waals surface area contributed by atoms with Gasteiger partial charge in [-0.1, -0.05) is 24.3 Å². The number of halogens is 3. The van der Waals surface area contributed by atoms with Gasteiger partial charge in [0.2, 0.25) is 5.91 Å². The van der Waals surface area contributed by atoms with Crippen molar-refractivity contribution in [2.75, 3.05) is 75.2 Å². The van der Waals surface area contributed by atoms with E-state index < -0.39 is 30.2 Å². The van der Waals surface area contributed by atoms with Crippen LogP contribution in [0.5, 0.6) is 0 Å². The number of hydrogen-bond donors (Lipinski definition) is 4. The molecule has 332 valence electrons. The Balaban J connectivity index is 1.16. The van der Waals surface area contributed by atoms with Crippen LogP contribution in [0.1, 0.15) is 69.5 Å². The van der Waals surface area contributed by atoms with E-state index in [-0.39, 0.29) is 56.7 Å². The number of amides is 3. The number of carboxylic acids is 1. The summed E-state index contributed by atoms with van der Waals surface area (Å²) in [5.74, 6) is -0.968. The normalized spacial score (nSPS) is 12.8. The van der Waals surface area contributed by atoms with Crippen molar-refractivity contribution in [3.05, 3.63) is 113 Å². The second-order valence-electron chi connectivity index (χ2n) is 14.6. The number of nitrogens with zero attached hydrogens (tertiary/aromatic N) is 3. The first-order valence-electron chi connectivity index (χ1n) is 20.4. The summed E-state index contributed by atoms with van der Waals surface area (Å²) in [5.41, 5.74) is 3.63. The van der Waals surface area contributed by atoms with Gasteiger partial charge in [-0.3, -0.25) is 24.2 Å². The molecule has 0 aliphatic carbocycles. The van der Waals surface area contributed by atoms with E-state index in [4.69, 9.17) is 19.7 Å². The Labute approximate surface area is 363 Å². The highest BCUT2D eigenvalue weighted by Crippen LogP contribution is 2.34. The van der Waals surface area contributed by atoms with Crippen molar-refractivity contribution in [3.8, 4) is 11.3 Å². The SMILES string of the molecule is O=C(O)CN(CCOCCO)C(=O)CCCOCCSCc1cccc(C(=O)Nc2ccc(N3CCCCC3)cc2-c2cc(C(=O)NCc3cccc(C(F)(F)F)c3)ccn2)c1. The molecule has 3 amide bonds. The van der Waals surface area contributed by atoms with E-state index in [0.717, 1.165) is 55.7 Å². The third kappa shape index (κ3) is 15.1. The molecule has 0 atom stereocenters. The van der Waals surface area contributed by atoms with E-state index in [0.29, 0.717) is 59.2 Å². The maximum Gasteiger partial charge on any atom is 0.416 e. The summed E-state index contributed by atoms with van der Waals surface area (Å²) in [6, 6.07) is 21.0. The monoisotopic (exact) mass is 879 g/mol. The molecule has 3 aromatic carbocycles. The minimum atomic E-state index is -4.50. The molecule has 2 heterocycles. The van der Waals surface area contributed by atoms with E-state index in [1.54, 1.807) is 23.9 Å². The predicted molar refractivity (Wildman–Crippen MR) is 231 cm³/mol. The lowest BCUT2D eigenvalue weighted by Gasteiger charge is -2.29. The van der Waals surface area contributed by atoms with Crippen LogP contribution in [-0.4, -0.2) is 109 Å². The summed E-state index contributed by atoms with van der Waals surface area (Å²) in [6.45, 7) is 2.21. The van der Waals surface area contributed by atoms with Gasteiger partial charge in [0.15, 0.2) is 0 Å². The Morgan fingerprint density at radius 2 is 1.60 bits per heavy atom. The predicted octanol–water partition coefficient (Wildman–Crippen LogP) is 6.89. The fourth-order valence-electron chi connectivity index (χ4n) is 6.75. The maximum absolute atomic E-state index is 13.7. The van der Waals surface area contributed by atoms with Crippen LogP contribution >= 0.6 is 11.8 Å². The van der Waals surface area contributed by atoms with Gasteiger partial charge in [-0.15, -0.1) is 0 Å². The number of aliphatic hydroxyl groups excluding tert-OH is 1. The Kier molecular flexibility index (Phi) is 18.6. The number of aliphatic hydroxyl groups is 1. The number of carbonyl (C=O) groups excluding carboxylic acids is 3. The highest BCUT2D eigenvalue weighted by atomic mass is 32.2. The van der Waals surface area contributed by atoms with Crippen molar-refractivity contribution < 1.29 is 52.0 Å². The third-order valence-electron chi connectivity index (χ3n) is 9.91. The van der Waals surface area contributed by atoms with Gasteiger partial charge < -0.3 is 40.1 Å². The number of aliphatic carboxylic acids is 1. The maximum atomic E-state index is 13.7. The van der Waals surface area contributed by atoms with Gasteiger partial charge in [-0.05, 0) is 91.4 Å². The second-order valence-corrected chi connectivity index (χ2v) is 15.7. The molecule has 62 heavy (non-hydrogen) atoms. The number of pyridine rings is 1. The molecule has 17 heteroatoms. The number of nitrogens with one attached hydrogen (secondary N) is 2. The van der Waals surface area contributed by atoms with Gasteiger partial charge in [-0.2, -0.15) is 24.9 Å². The molecule has 1 fully saturated rings. The van der Waals surface area contributed by atoms with Gasteiger partial charge in [0.1, 0.15) is 6.54 Å². The van der Waals surface area contributed by atoms with Crippen LogP contribution in [0, 0.1) is 0 Å². The molecule has 0 radical (unpaired) electrons. The Morgan fingerprint density at radius 3 is 2.37 bits per heavy atom. The number of hydrogen-bond acceptors (Lipinski definition) is 10. The van der Waals surface area contributed by atoms with Gasteiger partial charge in [-0.25, -0.2) is 0 Å². The van der Waals surface area contributed by atoms with E-state index >= 15 is 0 Å². The molecular formula is C45H52F3N5O8S. The Bertz CT molecular complexity index is 2120. The van der Waals surface area contributed by atoms with Crippen LogP contribution in [0.15, 0.2) is 85.1 Å². The lowest BCUT2D eigenvalue weighted by atomic mass is 10.0. The molecule has 1 aromatic heterocycles. The number of piperidine rings is 1. The highest BCUT2D eigenvalue weighted by molar-refractivity contribution is 7.98. The lowest BCUT2D eigenvalue weighted by molar-refractivity contribution is -0.145. The number of rotatable bonds is 23. The molecule has 1 aliphatic heterocycles. The highest BCUT2D eigenvalue weighted by Gasteiger charge is 2.30. The minimum Gasteiger partial charge on any atom is -0.480 e. The van der Waals surface area contributed by atoms with E-state index in [1.807, 2.05) is 36.4 Å². The Hall–Kier alpha value is -5.49. The molecule has 0 bridgehead atoms. The number of ether oxygens (including phenoxy) is 2. The molecule has 5 rings (SSSR count). The first-order valence-corrected chi connectivity index (χ1v) is 21.6. The largest absolute Gasteiger partial charge is 0.480 e. The summed E-state index contributed by atoms with van der Waals surface area (Å²) in [7, 11) is 0. The van der Waals surface area contributed by atoms with Crippen LogP contribution in [0.2, 0.25) is 0 Å². The topological polar surface area (TPSA) is 171 Å². The lowest BCUT2D eigenvalue weighted by Crippen LogP contribution is -2.38. The van der Waals surface area contributed by atoms with Crippen LogP contribution in [0.3, 0.4) is 0 Å². The van der Waals surface area contributed by atoms with Gasteiger partial charge in [0.25, 0.3) is 11.8 Å². The molecule has 0 saturated carbocycles. The molecule has 0 unspecified atom stereocenters. The van der Waals surface area contributed by atoms with Gasteiger partial charge in [0.05, 0.1) is 43.4 Å². The smallest absolute Gasteiger partial charge is 0.416 e. The zero-order valence-electron chi connectivity index (χ0n) is 34.3. The number of carbonyl (C=O) groups is 4. The average molecular weight is 880 g/mol. The number of anilines is 2. The van der Waals surface area contributed by atoms with Crippen LogP contribution in [0.25, 0.3) is 11.3 Å².